The van der Waals surface area contributed by atoms with Crippen LogP contribution >= 0.6 is 0 Å². The molecular formula is C14H12FN3. The van der Waals surface area contributed by atoms with Crippen molar-refractivity contribution in [2.45, 2.75) is 24.7 Å². The van der Waals surface area contributed by atoms with Gasteiger partial charge in [-0.1, -0.05) is 12.1 Å². The van der Waals surface area contributed by atoms with Crippen molar-refractivity contribution in [2.75, 3.05) is 0 Å². The molecule has 90 valence electrons. The Hall–Kier alpha value is -2.15. The van der Waals surface area contributed by atoms with Crippen molar-refractivity contribution in [2.24, 2.45) is 0 Å². The van der Waals surface area contributed by atoms with Crippen molar-refractivity contribution < 1.29 is 4.39 Å². The number of aromatic amines is 1. The van der Waals surface area contributed by atoms with Crippen LogP contribution in [0.15, 0.2) is 30.5 Å². The van der Waals surface area contributed by atoms with Gasteiger partial charge in [0.05, 0.1) is 18.0 Å². The molecule has 0 atom stereocenters. The van der Waals surface area contributed by atoms with Crippen molar-refractivity contribution >= 4 is 0 Å². The lowest BCUT2D eigenvalue weighted by Crippen LogP contribution is -2.33. The molecule has 0 saturated heterocycles. The van der Waals surface area contributed by atoms with Gasteiger partial charge in [-0.2, -0.15) is 5.26 Å². The molecule has 0 radical (unpaired) electrons. The molecule has 1 aliphatic rings. The Morgan fingerprint density at radius 3 is 2.72 bits per heavy atom. The predicted molar refractivity (Wildman–Crippen MR) is 65.1 cm³/mol. The number of benzene rings is 1. The molecule has 1 saturated carbocycles. The molecule has 1 aliphatic carbocycles. The molecule has 3 rings (SSSR count). The molecule has 0 unspecified atom stereocenters. The molecule has 0 spiro atoms. The fourth-order valence-electron chi connectivity index (χ4n) is 2.31. The first kappa shape index (κ1) is 11.0. The van der Waals surface area contributed by atoms with E-state index in [2.05, 4.69) is 16.0 Å². The highest BCUT2D eigenvalue weighted by Gasteiger charge is 2.41. The van der Waals surface area contributed by atoms with Crippen LogP contribution in [0.25, 0.3) is 11.3 Å². The Kier molecular flexibility index (Phi) is 2.41. The van der Waals surface area contributed by atoms with E-state index in [0.29, 0.717) is 17.1 Å². The van der Waals surface area contributed by atoms with Gasteiger partial charge in [0.15, 0.2) is 0 Å². The SMILES string of the molecule is N#CC1(c2ncc(-c3ccccc3F)[nH]2)CCC1. The summed E-state index contributed by atoms with van der Waals surface area (Å²) in [5.41, 5.74) is 0.636. The van der Waals surface area contributed by atoms with Crippen LogP contribution in [0.1, 0.15) is 25.1 Å². The third kappa shape index (κ3) is 1.52. The Balaban J connectivity index is 2.00. The van der Waals surface area contributed by atoms with Crippen LogP contribution in [0, 0.1) is 17.1 Å². The molecule has 18 heavy (non-hydrogen) atoms. The molecule has 3 nitrogen and oxygen atoms in total. The van der Waals surface area contributed by atoms with E-state index in [1.54, 1.807) is 24.4 Å². The Bertz CT molecular complexity index is 620. The standard InChI is InChI=1S/C14H12FN3/c15-11-5-2-1-4-10(11)12-8-17-13(18-12)14(9-16)6-3-7-14/h1-2,4-5,8H,3,6-7H2,(H,17,18). The van der Waals surface area contributed by atoms with E-state index in [4.69, 9.17) is 0 Å². The second-order valence-electron chi connectivity index (χ2n) is 4.67. The molecule has 1 aromatic carbocycles. The number of hydrogen-bond acceptors (Lipinski definition) is 2. The van der Waals surface area contributed by atoms with Gasteiger partial charge in [0.2, 0.25) is 0 Å². The van der Waals surface area contributed by atoms with E-state index in [-0.39, 0.29) is 5.82 Å². The number of imidazole rings is 1. The predicted octanol–water partition coefficient (Wildman–Crippen LogP) is 3.16. The second-order valence-corrected chi connectivity index (χ2v) is 4.67. The van der Waals surface area contributed by atoms with Crippen molar-refractivity contribution in [1.82, 2.24) is 9.97 Å². The highest BCUT2D eigenvalue weighted by molar-refractivity contribution is 5.59. The largest absolute Gasteiger partial charge is 0.341 e. The van der Waals surface area contributed by atoms with Crippen LogP contribution in [-0.4, -0.2) is 9.97 Å². The van der Waals surface area contributed by atoms with Gasteiger partial charge in [-0.3, -0.25) is 0 Å². The van der Waals surface area contributed by atoms with Crippen LogP contribution < -0.4 is 0 Å². The third-order valence-electron chi connectivity index (χ3n) is 3.61. The molecule has 0 aliphatic heterocycles. The van der Waals surface area contributed by atoms with Crippen LogP contribution in [0.2, 0.25) is 0 Å². The zero-order chi connectivity index (χ0) is 12.6. The minimum atomic E-state index is -0.483. The Morgan fingerprint density at radius 2 is 2.11 bits per heavy atom. The maximum atomic E-state index is 13.6. The van der Waals surface area contributed by atoms with Crippen molar-refractivity contribution in [3.63, 3.8) is 0 Å². The van der Waals surface area contributed by atoms with Gasteiger partial charge < -0.3 is 4.98 Å². The van der Waals surface area contributed by atoms with Gasteiger partial charge in [0.25, 0.3) is 0 Å². The summed E-state index contributed by atoms with van der Waals surface area (Å²) in [6.45, 7) is 0. The monoisotopic (exact) mass is 241 g/mol. The molecule has 4 heteroatoms. The molecule has 1 aromatic heterocycles. The first-order valence-corrected chi connectivity index (χ1v) is 5.97. The fraction of sp³-hybridized carbons (Fsp3) is 0.286. The van der Waals surface area contributed by atoms with Crippen molar-refractivity contribution in [3.8, 4) is 17.3 Å². The van der Waals surface area contributed by atoms with Crippen LogP contribution in [-0.2, 0) is 5.41 Å². The summed E-state index contributed by atoms with van der Waals surface area (Å²) in [5.74, 6) is 0.377. The smallest absolute Gasteiger partial charge is 0.132 e. The Morgan fingerprint density at radius 1 is 1.33 bits per heavy atom. The van der Waals surface area contributed by atoms with Gasteiger partial charge in [0, 0.05) is 5.56 Å². The highest BCUT2D eigenvalue weighted by atomic mass is 19.1. The van der Waals surface area contributed by atoms with E-state index < -0.39 is 5.41 Å². The summed E-state index contributed by atoms with van der Waals surface area (Å²) in [4.78, 5) is 7.34. The van der Waals surface area contributed by atoms with E-state index in [1.807, 2.05) is 0 Å². The van der Waals surface area contributed by atoms with E-state index in [1.165, 1.54) is 6.07 Å². The third-order valence-corrected chi connectivity index (χ3v) is 3.61. The summed E-state index contributed by atoms with van der Waals surface area (Å²) >= 11 is 0. The maximum Gasteiger partial charge on any atom is 0.132 e. The highest BCUT2D eigenvalue weighted by Crippen LogP contribution is 2.42. The number of H-pyrrole nitrogens is 1. The van der Waals surface area contributed by atoms with Crippen molar-refractivity contribution in [1.29, 1.82) is 5.26 Å². The van der Waals surface area contributed by atoms with Crippen LogP contribution in [0.4, 0.5) is 4.39 Å². The summed E-state index contributed by atoms with van der Waals surface area (Å²) in [5, 5.41) is 9.24. The number of aromatic nitrogens is 2. The number of hydrogen-bond donors (Lipinski definition) is 1. The van der Waals surface area contributed by atoms with Gasteiger partial charge in [0.1, 0.15) is 17.1 Å². The number of nitrogens with one attached hydrogen (secondary N) is 1. The average molecular weight is 241 g/mol. The van der Waals surface area contributed by atoms with Crippen LogP contribution in [0.5, 0.6) is 0 Å². The van der Waals surface area contributed by atoms with Crippen LogP contribution in [0.3, 0.4) is 0 Å². The fourth-order valence-corrected chi connectivity index (χ4v) is 2.31. The molecule has 2 aromatic rings. The molecule has 1 heterocycles. The van der Waals surface area contributed by atoms with E-state index in [0.717, 1.165) is 19.3 Å². The summed E-state index contributed by atoms with van der Waals surface area (Å²) in [7, 11) is 0. The Labute approximate surface area is 104 Å². The summed E-state index contributed by atoms with van der Waals surface area (Å²) in [6.07, 6.45) is 4.30. The quantitative estimate of drug-likeness (QED) is 0.878. The summed E-state index contributed by atoms with van der Waals surface area (Å²) < 4.78 is 13.6. The van der Waals surface area contributed by atoms with Gasteiger partial charge in [-0.05, 0) is 31.4 Å². The molecule has 0 bridgehead atoms. The second kappa shape index (κ2) is 3.95. The van der Waals surface area contributed by atoms with Crippen molar-refractivity contribution in [3.05, 3.63) is 42.1 Å². The average Bonchev–Trinajstić information content (AvgIpc) is 2.79. The number of rotatable bonds is 2. The molecule has 1 fully saturated rings. The van der Waals surface area contributed by atoms with Gasteiger partial charge in [-0.15, -0.1) is 0 Å². The molecule has 0 amide bonds. The maximum absolute atomic E-state index is 13.6. The molecule has 1 N–H and O–H groups in total. The zero-order valence-electron chi connectivity index (χ0n) is 9.78. The minimum Gasteiger partial charge on any atom is -0.341 e. The first-order chi connectivity index (χ1) is 8.75. The van der Waals surface area contributed by atoms with Gasteiger partial charge >= 0.3 is 0 Å². The lowest BCUT2D eigenvalue weighted by Gasteiger charge is -2.32. The number of halogens is 1. The minimum absolute atomic E-state index is 0.285. The lowest BCUT2D eigenvalue weighted by atomic mass is 9.69. The zero-order valence-corrected chi connectivity index (χ0v) is 9.78. The first-order valence-electron chi connectivity index (χ1n) is 5.97. The number of nitrogens with zero attached hydrogens (tertiary/aromatic N) is 2. The number of nitriles is 1. The molecular weight excluding hydrogens is 229 g/mol. The lowest BCUT2D eigenvalue weighted by molar-refractivity contribution is 0.309. The van der Waals surface area contributed by atoms with Gasteiger partial charge in [-0.25, -0.2) is 9.37 Å². The van der Waals surface area contributed by atoms with E-state index >= 15 is 0 Å². The topological polar surface area (TPSA) is 52.5 Å². The normalized spacial score (nSPS) is 16.9. The van der Waals surface area contributed by atoms with E-state index in [9.17, 15) is 9.65 Å². The summed E-state index contributed by atoms with van der Waals surface area (Å²) in [6, 6.07) is 8.87.